The van der Waals surface area contributed by atoms with Gasteiger partial charge in [-0.05, 0) is 42.0 Å². The molecular weight excluding hydrogens is 346 g/mol. The number of nitrogens with one attached hydrogen (secondary N) is 2. The Kier molecular flexibility index (Phi) is 4.42. The molecule has 0 fully saturated rings. The van der Waals surface area contributed by atoms with Gasteiger partial charge in [-0.1, -0.05) is 48.0 Å². The summed E-state index contributed by atoms with van der Waals surface area (Å²) in [5.74, 6) is 0.643. The summed E-state index contributed by atoms with van der Waals surface area (Å²) in [6.07, 6.45) is 0.283. The molecule has 0 aliphatic carbocycles. The minimum atomic E-state index is -0.0871. The molecule has 2 N–H and O–H groups in total. The van der Waals surface area contributed by atoms with Crippen molar-refractivity contribution in [2.45, 2.75) is 6.42 Å². The number of fused-ring (bicyclic) bond motifs is 1. The van der Waals surface area contributed by atoms with Crippen LogP contribution in [0.15, 0.2) is 72.8 Å². The molecule has 4 rings (SSSR count). The standard InChI is InChI=1S/C21H16ClN3O/c22-15-11-9-14(10-12-15)13-20(26)23-17-6-2-1-5-16(17)21-24-18-7-3-4-8-19(18)25-21/h1-12H,13H2,(H,23,26)(H,24,25). The van der Waals surface area contributed by atoms with Gasteiger partial charge in [-0.15, -0.1) is 0 Å². The van der Waals surface area contributed by atoms with Gasteiger partial charge in [0.15, 0.2) is 0 Å². The minimum Gasteiger partial charge on any atom is -0.338 e. The number of carbonyl (C=O) groups is 1. The largest absolute Gasteiger partial charge is 0.338 e. The van der Waals surface area contributed by atoms with Crippen molar-refractivity contribution in [2.24, 2.45) is 0 Å². The lowest BCUT2D eigenvalue weighted by atomic mass is 10.1. The predicted molar refractivity (Wildman–Crippen MR) is 105 cm³/mol. The topological polar surface area (TPSA) is 57.8 Å². The smallest absolute Gasteiger partial charge is 0.228 e. The van der Waals surface area contributed by atoms with E-state index in [1.165, 1.54) is 0 Å². The van der Waals surface area contributed by atoms with Crippen LogP contribution in [0.3, 0.4) is 0 Å². The summed E-state index contributed by atoms with van der Waals surface area (Å²) in [6, 6.07) is 22.8. The van der Waals surface area contributed by atoms with Crippen molar-refractivity contribution < 1.29 is 4.79 Å². The number of H-pyrrole nitrogens is 1. The Labute approximate surface area is 155 Å². The Morgan fingerprint density at radius 2 is 1.69 bits per heavy atom. The maximum absolute atomic E-state index is 12.4. The van der Waals surface area contributed by atoms with E-state index in [1.807, 2.05) is 60.7 Å². The van der Waals surface area contributed by atoms with Gasteiger partial charge in [0.1, 0.15) is 5.82 Å². The van der Waals surface area contributed by atoms with Gasteiger partial charge >= 0.3 is 0 Å². The molecule has 4 nitrogen and oxygen atoms in total. The molecule has 0 bridgehead atoms. The van der Waals surface area contributed by atoms with Crippen molar-refractivity contribution in [1.29, 1.82) is 0 Å². The molecule has 0 saturated heterocycles. The molecule has 26 heavy (non-hydrogen) atoms. The molecule has 1 amide bonds. The highest BCUT2D eigenvalue weighted by Crippen LogP contribution is 2.27. The van der Waals surface area contributed by atoms with Gasteiger partial charge in [-0.3, -0.25) is 4.79 Å². The number of imidazole rings is 1. The average Bonchev–Trinajstić information content (AvgIpc) is 3.08. The van der Waals surface area contributed by atoms with E-state index in [2.05, 4.69) is 15.3 Å². The van der Waals surface area contributed by atoms with E-state index in [-0.39, 0.29) is 12.3 Å². The van der Waals surface area contributed by atoms with Crippen LogP contribution in [0.25, 0.3) is 22.4 Å². The number of hydrogen-bond donors (Lipinski definition) is 2. The number of benzene rings is 3. The summed E-state index contributed by atoms with van der Waals surface area (Å²) in [5, 5.41) is 3.64. The highest BCUT2D eigenvalue weighted by Gasteiger charge is 2.12. The van der Waals surface area contributed by atoms with Gasteiger partial charge in [0.25, 0.3) is 0 Å². The zero-order valence-electron chi connectivity index (χ0n) is 13.9. The summed E-state index contributed by atoms with van der Waals surface area (Å²) < 4.78 is 0. The molecule has 0 saturated carbocycles. The predicted octanol–water partition coefficient (Wildman–Crippen LogP) is 5.06. The first kappa shape index (κ1) is 16.4. The van der Waals surface area contributed by atoms with Crippen LogP contribution in [-0.2, 0) is 11.2 Å². The first-order valence-electron chi connectivity index (χ1n) is 8.27. The van der Waals surface area contributed by atoms with Crippen molar-refractivity contribution in [3.05, 3.63) is 83.4 Å². The van der Waals surface area contributed by atoms with Crippen LogP contribution in [0.1, 0.15) is 5.56 Å². The zero-order chi connectivity index (χ0) is 17.9. The van der Waals surface area contributed by atoms with Crippen LogP contribution >= 0.6 is 11.6 Å². The van der Waals surface area contributed by atoms with Crippen molar-refractivity contribution in [3.63, 3.8) is 0 Å². The highest BCUT2D eigenvalue weighted by atomic mass is 35.5. The van der Waals surface area contributed by atoms with Gasteiger partial charge in [0.2, 0.25) is 5.91 Å². The summed E-state index contributed by atoms with van der Waals surface area (Å²) in [5.41, 5.74) is 4.35. The Morgan fingerprint density at radius 1 is 0.962 bits per heavy atom. The first-order valence-corrected chi connectivity index (χ1v) is 8.65. The molecule has 5 heteroatoms. The fourth-order valence-corrected chi connectivity index (χ4v) is 2.99. The summed E-state index contributed by atoms with van der Waals surface area (Å²) in [4.78, 5) is 20.4. The second-order valence-electron chi connectivity index (χ2n) is 6.00. The Balaban J connectivity index is 1.59. The van der Waals surface area contributed by atoms with Gasteiger partial charge in [0, 0.05) is 10.6 Å². The number of halogens is 1. The van der Waals surface area contributed by atoms with E-state index in [9.17, 15) is 4.79 Å². The minimum absolute atomic E-state index is 0.0871. The van der Waals surface area contributed by atoms with E-state index in [4.69, 9.17) is 11.6 Å². The molecule has 0 atom stereocenters. The molecule has 3 aromatic carbocycles. The second kappa shape index (κ2) is 7.02. The van der Waals surface area contributed by atoms with Crippen molar-refractivity contribution in [1.82, 2.24) is 9.97 Å². The van der Waals surface area contributed by atoms with Crippen molar-refractivity contribution in [2.75, 3.05) is 5.32 Å². The van der Waals surface area contributed by atoms with Crippen LogP contribution < -0.4 is 5.32 Å². The number of aromatic nitrogens is 2. The quantitative estimate of drug-likeness (QED) is 0.533. The first-order chi connectivity index (χ1) is 12.7. The molecule has 0 aliphatic rings. The average molecular weight is 362 g/mol. The van der Waals surface area contributed by atoms with Gasteiger partial charge in [-0.25, -0.2) is 4.98 Å². The van der Waals surface area contributed by atoms with Crippen molar-refractivity contribution >= 4 is 34.2 Å². The normalized spacial score (nSPS) is 10.8. The number of anilines is 1. The molecule has 0 unspecified atom stereocenters. The van der Waals surface area contributed by atoms with Crippen LogP contribution in [0.2, 0.25) is 5.02 Å². The van der Waals surface area contributed by atoms with Crippen LogP contribution in [0, 0.1) is 0 Å². The Morgan fingerprint density at radius 3 is 2.50 bits per heavy atom. The number of para-hydroxylation sites is 3. The van der Waals surface area contributed by atoms with Crippen LogP contribution in [0.4, 0.5) is 5.69 Å². The molecule has 1 aromatic heterocycles. The molecule has 0 spiro atoms. The number of carbonyl (C=O) groups excluding carboxylic acids is 1. The number of rotatable bonds is 4. The molecule has 4 aromatic rings. The van der Waals surface area contributed by atoms with E-state index in [1.54, 1.807) is 12.1 Å². The van der Waals surface area contributed by atoms with E-state index in [0.29, 0.717) is 5.02 Å². The lowest BCUT2D eigenvalue weighted by Crippen LogP contribution is -2.15. The number of aromatic amines is 1. The summed E-state index contributed by atoms with van der Waals surface area (Å²) >= 11 is 5.89. The summed E-state index contributed by atoms with van der Waals surface area (Å²) in [7, 11) is 0. The Hall–Kier alpha value is -3.11. The number of hydrogen-bond acceptors (Lipinski definition) is 2. The van der Waals surface area contributed by atoms with Gasteiger partial charge in [0.05, 0.1) is 23.1 Å². The number of amides is 1. The lowest BCUT2D eigenvalue weighted by molar-refractivity contribution is -0.115. The SMILES string of the molecule is O=C(Cc1ccc(Cl)cc1)Nc1ccccc1-c1nc2ccccc2[nH]1. The zero-order valence-corrected chi connectivity index (χ0v) is 14.6. The molecule has 128 valence electrons. The summed E-state index contributed by atoms with van der Waals surface area (Å²) in [6.45, 7) is 0. The molecular formula is C21H16ClN3O. The Bertz CT molecular complexity index is 1040. The fourth-order valence-electron chi connectivity index (χ4n) is 2.86. The highest BCUT2D eigenvalue weighted by molar-refractivity contribution is 6.30. The van der Waals surface area contributed by atoms with Crippen LogP contribution in [0.5, 0.6) is 0 Å². The van der Waals surface area contributed by atoms with Gasteiger partial charge in [-0.2, -0.15) is 0 Å². The van der Waals surface area contributed by atoms with Gasteiger partial charge < -0.3 is 10.3 Å². The number of nitrogens with zero attached hydrogens (tertiary/aromatic N) is 1. The van der Waals surface area contributed by atoms with Crippen LogP contribution in [-0.4, -0.2) is 15.9 Å². The lowest BCUT2D eigenvalue weighted by Gasteiger charge is -2.09. The maximum Gasteiger partial charge on any atom is 0.228 e. The molecule has 1 heterocycles. The fraction of sp³-hybridized carbons (Fsp3) is 0.0476. The third kappa shape index (κ3) is 3.46. The van der Waals surface area contributed by atoms with E-state index < -0.39 is 0 Å². The van der Waals surface area contributed by atoms with E-state index in [0.717, 1.165) is 33.7 Å². The van der Waals surface area contributed by atoms with E-state index >= 15 is 0 Å². The third-order valence-electron chi connectivity index (χ3n) is 4.12. The third-order valence-corrected chi connectivity index (χ3v) is 4.38. The monoisotopic (exact) mass is 361 g/mol. The molecule has 0 radical (unpaired) electrons. The maximum atomic E-state index is 12.4. The molecule has 0 aliphatic heterocycles. The van der Waals surface area contributed by atoms with Crippen molar-refractivity contribution in [3.8, 4) is 11.4 Å². The second-order valence-corrected chi connectivity index (χ2v) is 6.44.